The summed E-state index contributed by atoms with van der Waals surface area (Å²) in [4.78, 5) is 13.9. The molecule has 3 rings (SSSR count). The molecule has 2 aliphatic heterocycles. The number of benzene rings is 1. The number of nitrogens with zero attached hydrogens (tertiary/aromatic N) is 1. The van der Waals surface area contributed by atoms with Gasteiger partial charge in [0.25, 0.3) is 0 Å². The minimum Gasteiger partial charge on any atom is -0.334 e. The highest BCUT2D eigenvalue weighted by atomic mass is 16.2. The fraction of sp³-hybridized carbons (Fsp3) is 0.500. The van der Waals surface area contributed by atoms with E-state index >= 15 is 0 Å². The van der Waals surface area contributed by atoms with Crippen LogP contribution in [0, 0.1) is 6.92 Å². The summed E-state index contributed by atoms with van der Waals surface area (Å²) in [6.45, 7) is 2.92. The van der Waals surface area contributed by atoms with Crippen molar-refractivity contribution in [1.82, 2.24) is 4.90 Å². The van der Waals surface area contributed by atoms with Gasteiger partial charge in [0.1, 0.15) is 0 Å². The van der Waals surface area contributed by atoms with Crippen LogP contribution in [-0.4, -0.2) is 23.4 Å². The molecule has 90 valence electrons. The lowest BCUT2D eigenvalue weighted by Gasteiger charge is -2.44. The minimum absolute atomic E-state index is 0.0912. The van der Waals surface area contributed by atoms with Gasteiger partial charge in [-0.25, -0.2) is 0 Å². The Hall–Kier alpha value is -1.35. The van der Waals surface area contributed by atoms with Gasteiger partial charge in [-0.05, 0) is 30.9 Å². The van der Waals surface area contributed by atoms with E-state index in [1.54, 1.807) is 0 Å². The topological polar surface area (TPSA) is 46.3 Å². The molecule has 1 aromatic carbocycles. The van der Waals surface area contributed by atoms with Crippen LogP contribution in [0.4, 0.5) is 0 Å². The zero-order valence-corrected chi connectivity index (χ0v) is 10.1. The van der Waals surface area contributed by atoms with Crippen molar-refractivity contribution in [2.45, 2.75) is 38.3 Å². The van der Waals surface area contributed by atoms with Crippen LogP contribution in [0.1, 0.15) is 35.6 Å². The average molecular weight is 230 g/mol. The molecule has 2 unspecified atom stereocenters. The quantitative estimate of drug-likeness (QED) is 0.735. The molecule has 1 saturated heterocycles. The van der Waals surface area contributed by atoms with Gasteiger partial charge in [-0.2, -0.15) is 0 Å². The van der Waals surface area contributed by atoms with Gasteiger partial charge in [0.05, 0.1) is 6.04 Å². The van der Waals surface area contributed by atoms with E-state index in [1.165, 1.54) is 16.7 Å². The Kier molecular flexibility index (Phi) is 2.44. The van der Waals surface area contributed by atoms with Crippen LogP contribution >= 0.6 is 0 Å². The Bertz CT molecular complexity index is 469. The van der Waals surface area contributed by atoms with E-state index in [9.17, 15) is 4.79 Å². The largest absolute Gasteiger partial charge is 0.334 e. The Morgan fingerprint density at radius 2 is 2.18 bits per heavy atom. The van der Waals surface area contributed by atoms with Crippen molar-refractivity contribution in [2.75, 3.05) is 6.54 Å². The fourth-order valence-corrected chi connectivity index (χ4v) is 3.10. The van der Waals surface area contributed by atoms with Gasteiger partial charge >= 0.3 is 0 Å². The van der Waals surface area contributed by atoms with Gasteiger partial charge in [0, 0.05) is 19.0 Å². The van der Waals surface area contributed by atoms with E-state index in [-0.39, 0.29) is 18.0 Å². The summed E-state index contributed by atoms with van der Waals surface area (Å²) in [5, 5.41) is 0. The van der Waals surface area contributed by atoms with Crippen LogP contribution in [0.15, 0.2) is 18.2 Å². The SMILES string of the molecule is Cc1ccc2c(c1)C1C(N)CCC(=O)N1CC2. The zero-order valence-electron chi connectivity index (χ0n) is 10.1. The maximum Gasteiger partial charge on any atom is 0.223 e. The van der Waals surface area contributed by atoms with E-state index in [0.717, 1.165) is 19.4 Å². The molecule has 1 aromatic rings. The first kappa shape index (κ1) is 10.8. The molecule has 0 aromatic heterocycles. The summed E-state index contributed by atoms with van der Waals surface area (Å²) in [7, 11) is 0. The molecule has 0 aliphatic carbocycles. The minimum atomic E-state index is 0.0912. The number of carbonyl (C=O) groups excluding carboxylic acids is 1. The summed E-state index contributed by atoms with van der Waals surface area (Å²) in [5.74, 6) is 0.267. The van der Waals surface area contributed by atoms with E-state index in [0.29, 0.717) is 6.42 Å². The predicted molar refractivity (Wildman–Crippen MR) is 66.5 cm³/mol. The summed E-state index contributed by atoms with van der Waals surface area (Å²) >= 11 is 0. The van der Waals surface area contributed by atoms with Gasteiger partial charge in [-0.15, -0.1) is 0 Å². The molecule has 2 N–H and O–H groups in total. The molecule has 0 radical (unpaired) electrons. The van der Waals surface area contributed by atoms with E-state index in [1.807, 2.05) is 4.90 Å². The second kappa shape index (κ2) is 3.84. The zero-order chi connectivity index (χ0) is 12.0. The van der Waals surface area contributed by atoms with Crippen LogP contribution in [0.3, 0.4) is 0 Å². The fourth-order valence-electron chi connectivity index (χ4n) is 3.10. The molecule has 0 spiro atoms. The first-order valence-corrected chi connectivity index (χ1v) is 6.31. The molecule has 3 heteroatoms. The van der Waals surface area contributed by atoms with Crippen LogP contribution in [0.2, 0.25) is 0 Å². The van der Waals surface area contributed by atoms with E-state index in [2.05, 4.69) is 25.1 Å². The second-order valence-corrected chi connectivity index (χ2v) is 5.19. The molecular formula is C14H18N2O. The number of carbonyl (C=O) groups is 1. The summed E-state index contributed by atoms with van der Waals surface area (Å²) in [6.07, 6.45) is 2.39. The molecule has 1 fully saturated rings. The molecule has 17 heavy (non-hydrogen) atoms. The van der Waals surface area contributed by atoms with Crippen molar-refractivity contribution in [2.24, 2.45) is 5.73 Å². The molecule has 2 aliphatic rings. The lowest BCUT2D eigenvalue weighted by Crippen LogP contribution is -2.51. The molecule has 0 saturated carbocycles. The van der Waals surface area contributed by atoms with Gasteiger partial charge in [-0.3, -0.25) is 4.79 Å². The second-order valence-electron chi connectivity index (χ2n) is 5.19. The van der Waals surface area contributed by atoms with Crippen molar-refractivity contribution in [1.29, 1.82) is 0 Å². The van der Waals surface area contributed by atoms with Gasteiger partial charge < -0.3 is 10.6 Å². The average Bonchev–Trinajstić information content (AvgIpc) is 2.33. The highest BCUT2D eigenvalue weighted by Crippen LogP contribution is 2.36. The van der Waals surface area contributed by atoms with Crippen molar-refractivity contribution in [3.63, 3.8) is 0 Å². The summed E-state index contributed by atoms with van der Waals surface area (Å²) in [6, 6.07) is 6.73. The number of rotatable bonds is 0. The Morgan fingerprint density at radius 3 is 3.00 bits per heavy atom. The van der Waals surface area contributed by atoms with Crippen LogP contribution in [0.5, 0.6) is 0 Å². The van der Waals surface area contributed by atoms with Crippen molar-refractivity contribution in [3.8, 4) is 0 Å². The van der Waals surface area contributed by atoms with Crippen LogP contribution in [-0.2, 0) is 11.2 Å². The predicted octanol–water partition coefficient (Wildman–Crippen LogP) is 1.54. The monoisotopic (exact) mass is 230 g/mol. The summed E-state index contributed by atoms with van der Waals surface area (Å²) < 4.78 is 0. The number of nitrogens with two attached hydrogens (primary N) is 1. The number of fused-ring (bicyclic) bond motifs is 3. The van der Waals surface area contributed by atoms with Crippen LogP contribution in [0.25, 0.3) is 0 Å². The van der Waals surface area contributed by atoms with Crippen molar-refractivity contribution < 1.29 is 4.79 Å². The Morgan fingerprint density at radius 1 is 1.35 bits per heavy atom. The maximum atomic E-state index is 11.9. The Balaban J connectivity index is 2.08. The molecule has 0 bridgehead atoms. The normalized spacial score (nSPS) is 27.6. The lowest BCUT2D eigenvalue weighted by molar-refractivity contribution is -0.137. The van der Waals surface area contributed by atoms with Crippen molar-refractivity contribution >= 4 is 5.91 Å². The molecule has 1 amide bonds. The van der Waals surface area contributed by atoms with E-state index < -0.39 is 0 Å². The van der Waals surface area contributed by atoms with Crippen molar-refractivity contribution in [3.05, 3.63) is 34.9 Å². The lowest BCUT2D eigenvalue weighted by atomic mass is 9.83. The number of hydrogen-bond donors (Lipinski definition) is 1. The van der Waals surface area contributed by atoms with Gasteiger partial charge in [-0.1, -0.05) is 23.8 Å². The highest BCUT2D eigenvalue weighted by Gasteiger charge is 2.38. The maximum absolute atomic E-state index is 11.9. The third-order valence-electron chi connectivity index (χ3n) is 4.00. The molecule has 2 heterocycles. The number of amides is 1. The summed E-state index contributed by atoms with van der Waals surface area (Å²) in [5.41, 5.74) is 10.1. The number of hydrogen-bond acceptors (Lipinski definition) is 2. The molecule has 3 nitrogen and oxygen atoms in total. The number of aryl methyl sites for hydroxylation is 1. The van der Waals surface area contributed by atoms with Gasteiger partial charge in [0.15, 0.2) is 0 Å². The molecular weight excluding hydrogens is 212 g/mol. The smallest absolute Gasteiger partial charge is 0.223 e. The third kappa shape index (κ3) is 1.65. The molecule has 2 atom stereocenters. The highest BCUT2D eigenvalue weighted by molar-refractivity contribution is 5.78. The Labute approximate surface area is 102 Å². The van der Waals surface area contributed by atoms with Crippen LogP contribution < -0.4 is 5.73 Å². The number of piperidine rings is 1. The first-order chi connectivity index (χ1) is 8.16. The van der Waals surface area contributed by atoms with E-state index in [4.69, 9.17) is 5.73 Å². The standard InChI is InChI=1S/C14H18N2O/c1-9-2-3-10-6-7-16-13(17)5-4-12(15)14(16)11(10)8-9/h2-3,8,12,14H,4-7,15H2,1H3. The van der Waals surface area contributed by atoms with Gasteiger partial charge in [0.2, 0.25) is 5.91 Å². The third-order valence-corrected chi connectivity index (χ3v) is 4.00. The first-order valence-electron chi connectivity index (χ1n) is 6.31.